The predicted molar refractivity (Wildman–Crippen MR) is 91.5 cm³/mol. The number of nitrogens with one attached hydrogen (secondary N) is 1. The van der Waals surface area contributed by atoms with Crippen LogP contribution in [0.3, 0.4) is 0 Å². The quantitative estimate of drug-likeness (QED) is 0.742. The molecular formula is C17H28N6. The van der Waals surface area contributed by atoms with E-state index in [1.165, 1.54) is 5.56 Å². The van der Waals surface area contributed by atoms with Gasteiger partial charge in [0.25, 0.3) is 0 Å². The molecule has 0 fully saturated rings. The lowest BCUT2D eigenvalue weighted by Gasteiger charge is -2.22. The average Bonchev–Trinajstić information content (AvgIpc) is 3.01. The summed E-state index contributed by atoms with van der Waals surface area (Å²) in [7, 11) is 0. The third-order valence-corrected chi connectivity index (χ3v) is 3.98. The highest BCUT2D eigenvalue weighted by Gasteiger charge is 2.22. The van der Waals surface area contributed by atoms with Crippen molar-refractivity contribution in [1.82, 2.24) is 25.5 Å². The second-order valence-electron chi connectivity index (χ2n) is 6.24. The third-order valence-electron chi connectivity index (χ3n) is 3.98. The van der Waals surface area contributed by atoms with Crippen molar-refractivity contribution >= 4 is 0 Å². The Morgan fingerprint density at radius 3 is 2.74 bits per heavy atom. The van der Waals surface area contributed by atoms with Crippen LogP contribution in [-0.2, 0) is 19.6 Å². The minimum Gasteiger partial charge on any atom is -0.326 e. The molecule has 1 aromatic heterocycles. The Balaban J connectivity index is 2.08. The Bertz CT molecular complexity index is 592. The van der Waals surface area contributed by atoms with Crippen LogP contribution in [0.2, 0.25) is 0 Å². The van der Waals surface area contributed by atoms with Gasteiger partial charge in [-0.15, -0.1) is 5.10 Å². The molecule has 0 aliphatic rings. The number of tetrazole rings is 1. The van der Waals surface area contributed by atoms with E-state index in [2.05, 4.69) is 65.9 Å². The Labute approximate surface area is 138 Å². The molecular weight excluding hydrogens is 288 g/mol. The van der Waals surface area contributed by atoms with Crippen LogP contribution in [0.5, 0.6) is 0 Å². The fraction of sp³-hybridized carbons (Fsp3) is 0.588. The number of unbranched alkanes of at least 4 members (excludes halogenated alkanes) is 1. The monoisotopic (exact) mass is 316 g/mol. The highest BCUT2D eigenvalue weighted by Crippen LogP contribution is 2.20. The van der Waals surface area contributed by atoms with Crippen molar-refractivity contribution in [3.63, 3.8) is 0 Å². The van der Waals surface area contributed by atoms with Gasteiger partial charge in [0.15, 0.2) is 5.82 Å². The van der Waals surface area contributed by atoms with Crippen LogP contribution in [-0.4, -0.2) is 20.2 Å². The van der Waals surface area contributed by atoms with Gasteiger partial charge in [-0.1, -0.05) is 51.5 Å². The van der Waals surface area contributed by atoms with Gasteiger partial charge in [-0.05, 0) is 33.9 Å². The molecule has 2 aromatic rings. The van der Waals surface area contributed by atoms with Crippen molar-refractivity contribution < 1.29 is 0 Å². The number of hydrogen-bond donors (Lipinski definition) is 2. The highest BCUT2D eigenvalue weighted by molar-refractivity contribution is 5.23. The van der Waals surface area contributed by atoms with E-state index in [0.717, 1.165) is 37.3 Å². The van der Waals surface area contributed by atoms with E-state index in [-0.39, 0.29) is 6.04 Å². The third kappa shape index (κ3) is 4.84. The fourth-order valence-corrected chi connectivity index (χ4v) is 2.62. The summed E-state index contributed by atoms with van der Waals surface area (Å²) in [6.45, 7) is 8.76. The SMILES string of the molecule is CCCCn1nnnc1C(NCc1cccc(CN)c1)C(C)C. The number of rotatable bonds is 9. The first-order chi connectivity index (χ1) is 11.2. The Kier molecular flexibility index (Phi) is 6.67. The zero-order chi connectivity index (χ0) is 16.7. The van der Waals surface area contributed by atoms with Gasteiger partial charge >= 0.3 is 0 Å². The van der Waals surface area contributed by atoms with Gasteiger partial charge in [-0.2, -0.15) is 0 Å². The number of benzene rings is 1. The summed E-state index contributed by atoms with van der Waals surface area (Å²) in [4.78, 5) is 0. The first-order valence-electron chi connectivity index (χ1n) is 8.43. The Morgan fingerprint density at radius 1 is 1.26 bits per heavy atom. The van der Waals surface area contributed by atoms with Crippen LogP contribution in [0.15, 0.2) is 24.3 Å². The number of nitrogens with zero attached hydrogens (tertiary/aromatic N) is 4. The van der Waals surface area contributed by atoms with E-state index in [1.807, 2.05) is 4.68 Å². The Hall–Kier alpha value is -1.79. The van der Waals surface area contributed by atoms with E-state index in [9.17, 15) is 0 Å². The molecule has 1 unspecified atom stereocenters. The summed E-state index contributed by atoms with van der Waals surface area (Å²) in [5, 5.41) is 15.9. The summed E-state index contributed by atoms with van der Waals surface area (Å²) in [5.74, 6) is 1.32. The molecule has 6 nitrogen and oxygen atoms in total. The minimum absolute atomic E-state index is 0.128. The largest absolute Gasteiger partial charge is 0.326 e. The lowest BCUT2D eigenvalue weighted by molar-refractivity contribution is 0.369. The van der Waals surface area contributed by atoms with Crippen LogP contribution in [0.1, 0.15) is 56.6 Å². The average molecular weight is 316 g/mol. The van der Waals surface area contributed by atoms with Gasteiger partial charge in [0, 0.05) is 19.6 Å². The van der Waals surface area contributed by atoms with Gasteiger partial charge < -0.3 is 11.1 Å². The predicted octanol–water partition coefficient (Wildman–Crippen LogP) is 2.42. The maximum atomic E-state index is 5.72. The maximum Gasteiger partial charge on any atom is 0.168 e. The van der Waals surface area contributed by atoms with E-state index in [0.29, 0.717) is 12.5 Å². The van der Waals surface area contributed by atoms with Crippen LogP contribution < -0.4 is 11.1 Å². The molecule has 0 saturated heterocycles. The van der Waals surface area contributed by atoms with Crippen molar-refractivity contribution in [3.8, 4) is 0 Å². The maximum absolute atomic E-state index is 5.72. The molecule has 0 saturated carbocycles. The summed E-state index contributed by atoms with van der Waals surface area (Å²) in [6.07, 6.45) is 2.21. The van der Waals surface area contributed by atoms with Gasteiger partial charge in [-0.25, -0.2) is 4.68 Å². The molecule has 3 N–H and O–H groups in total. The molecule has 23 heavy (non-hydrogen) atoms. The number of hydrogen-bond acceptors (Lipinski definition) is 5. The lowest BCUT2D eigenvalue weighted by Crippen LogP contribution is -2.28. The minimum atomic E-state index is 0.128. The molecule has 1 atom stereocenters. The summed E-state index contributed by atoms with van der Waals surface area (Å²) >= 11 is 0. The molecule has 0 radical (unpaired) electrons. The van der Waals surface area contributed by atoms with Crippen molar-refractivity contribution in [3.05, 3.63) is 41.2 Å². The summed E-state index contributed by atoms with van der Waals surface area (Å²) in [6, 6.07) is 8.49. The van der Waals surface area contributed by atoms with Gasteiger partial charge in [-0.3, -0.25) is 0 Å². The highest BCUT2D eigenvalue weighted by atomic mass is 15.5. The topological polar surface area (TPSA) is 81.7 Å². The van der Waals surface area contributed by atoms with E-state index < -0.39 is 0 Å². The molecule has 6 heteroatoms. The fourth-order valence-electron chi connectivity index (χ4n) is 2.62. The molecule has 126 valence electrons. The van der Waals surface area contributed by atoms with Crippen LogP contribution >= 0.6 is 0 Å². The number of nitrogens with two attached hydrogens (primary N) is 1. The van der Waals surface area contributed by atoms with Gasteiger partial charge in [0.05, 0.1) is 6.04 Å². The number of aromatic nitrogens is 4. The van der Waals surface area contributed by atoms with E-state index in [4.69, 9.17) is 5.73 Å². The van der Waals surface area contributed by atoms with Crippen molar-refractivity contribution in [2.24, 2.45) is 11.7 Å². The zero-order valence-electron chi connectivity index (χ0n) is 14.4. The molecule has 2 rings (SSSR count). The summed E-state index contributed by atoms with van der Waals surface area (Å²) in [5.41, 5.74) is 8.10. The molecule has 0 bridgehead atoms. The standard InChI is InChI=1S/C17H28N6/c1-4-5-9-23-17(20-21-22-23)16(13(2)3)19-12-15-8-6-7-14(10-15)11-18/h6-8,10,13,16,19H,4-5,9,11-12,18H2,1-3H3. The van der Waals surface area contributed by atoms with Gasteiger partial charge in [0.1, 0.15) is 0 Å². The first kappa shape index (κ1) is 17.6. The molecule has 0 aliphatic heterocycles. The van der Waals surface area contributed by atoms with Gasteiger partial charge in [0.2, 0.25) is 0 Å². The van der Waals surface area contributed by atoms with E-state index >= 15 is 0 Å². The second kappa shape index (κ2) is 8.74. The summed E-state index contributed by atoms with van der Waals surface area (Å²) < 4.78 is 1.93. The van der Waals surface area contributed by atoms with Crippen LogP contribution in [0, 0.1) is 5.92 Å². The Morgan fingerprint density at radius 2 is 2.04 bits per heavy atom. The van der Waals surface area contributed by atoms with Crippen molar-refractivity contribution in [2.75, 3.05) is 0 Å². The smallest absolute Gasteiger partial charge is 0.168 e. The van der Waals surface area contributed by atoms with Crippen molar-refractivity contribution in [1.29, 1.82) is 0 Å². The molecule has 0 amide bonds. The molecule has 1 heterocycles. The normalized spacial score (nSPS) is 12.7. The number of aryl methyl sites for hydroxylation is 1. The van der Waals surface area contributed by atoms with E-state index in [1.54, 1.807) is 0 Å². The molecule has 0 aliphatic carbocycles. The molecule has 0 spiro atoms. The lowest BCUT2D eigenvalue weighted by atomic mass is 10.0. The van der Waals surface area contributed by atoms with Crippen LogP contribution in [0.4, 0.5) is 0 Å². The van der Waals surface area contributed by atoms with Crippen molar-refractivity contribution in [2.45, 2.75) is 59.3 Å². The molecule has 1 aromatic carbocycles. The first-order valence-corrected chi connectivity index (χ1v) is 8.43. The van der Waals surface area contributed by atoms with Crippen LogP contribution in [0.25, 0.3) is 0 Å². The zero-order valence-corrected chi connectivity index (χ0v) is 14.4. The second-order valence-corrected chi connectivity index (χ2v) is 6.24.